The molecule has 8 nitrogen and oxygen atoms in total. The largest absolute Gasteiger partial charge is 0.471 e. The lowest BCUT2D eigenvalue weighted by molar-refractivity contribution is -0.221. The number of ether oxygens (including phenoxy) is 1. The van der Waals surface area contributed by atoms with Crippen molar-refractivity contribution in [3.05, 3.63) is 41.5 Å². The first-order valence-electron chi connectivity index (χ1n) is 21.1. The molecule has 1 unspecified atom stereocenters. The Labute approximate surface area is 332 Å². The Balaban J connectivity index is 1.17. The number of methoxy groups -OCH3 is 1. The minimum atomic E-state index is -4.93. The number of hydrogen-bond donors (Lipinski definition) is 2. The molecule has 12 heteroatoms. The Morgan fingerprint density at radius 1 is 0.911 bits per heavy atom. The zero-order valence-corrected chi connectivity index (χ0v) is 35.3. The Morgan fingerprint density at radius 2 is 1.59 bits per heavy atom. The second-order valence-electron chi connectivity index (χ2n) is 19.8. The number of nitrogens with one attached hydrogen (secondary N) is 2. The summed E-state index contributed by atoms with van der Waals surface area (Å²) in [5, 5.41) is 6.40. The summed E-state index contributed by atoms with van der Waals surface area (Å²) in [6.07, 6.45) is 6.39. The molecular weight excluding hydrogens is 740 g/mol. The van der Waals surface area contributed by atoms with Gasteiger partial charge in [-0.3, -0.25) is 4.79 Å². The molecule has 0 spiro atoms. The highest BCUT2D eigenvalue weighted by atomic mass is 32.2. The molecule has 1 amide bonds. The molecule has 312 valence electrons. The number of halogens is 3. The molecule has 2 N–H and O–H groups in total. The van der Waals surface area contributed by atoms with Crippen LogP contribution in [0.2, 0.25) is 0 Å². The van der Waals surface area contributed by atoms with Crippen molar-refractivity contribution in [1.82, 2.24) is 15.5 Å². The molecule has 0 radical (unpaired) electrons. The normalized spacial score (nSPS) is 39.5. The number of hydrogen-bond acceptors (Lipinski definition) is 7. The van der Waals surface area contributed by atoms with Crippen LogP contribution in [0.15, 0.2) is 30.3 Å². The number of sulfone groups is 1. The van der Waals surface area contributed by atoms with Crippen molar-refractivity contribution >= 4 is 27.3 Å². The van der Waals surface area contributed by atoms with E-state index in [1.165, 1.54) is 12.7 Å². The third-order valence-electron chi connectivity index (χ3n) is 17.3. The Bertz CT molecular complexity index is 1820. The first-order valence-corrected chi connectivity index (χ1v) is 22.9. The van der Waals surface area contributed by atoms with Gasteiger partial charge in [0.1, 0.15) is 0 Å². The highest BCUT2D eigenvalue weighted by Crippen LogP contribution is 2.76. The van der Waals surface area contributed by atoms with Crippen molar-refractivity contribution in [2.45, 2.75) is 117 Å². The Morgan fingerprint density at radius 3 is 2.23 bits per heavy atom. The summed E-state index contributed by atoms with van der Waals surface area (Å²) in [7, 11) is -1.58. The van der Waals surface area contributed by atoms with Crippen molar-refractivity contribution in [3.63, 3.8) is 0 Å². The lowest BCUT2D eigenvalue weighted by atomic mass is 9.33. The van der Waals surface area contributed by atoms with Crippen LogP contribution in [0.3, 0.4) is 0 Å². The van der Waals surface area contributed by atoms with Crippen molar-refractivity contribution < 1.29 is 35.9 Å². The number of rotatable bonds is 8. The zero-order chi connectivity index (χ0) is 40.7. The van der Waals surface area contributed by atoms with E-state index in [-0.39, 0.29) is 56.5 Å². The average molecular weight is 804 g/mol. The van der Waals surface area contributed by atoms with Gasteiger partial charge < -0.3 is 20.3 Å². The number of nitrogens with zero attached hydrogens (tertiary/aromatic N) is 1. The van der Waals surface area contributed by atoms with Gasteiger partial charge >= 0.3 is 18.1 Å². The number of esters is 1. The van der Waals surface area contributed by atoms with Crippen LogP contribution in [0.4, 0.5) is 13.2 Å². The highest BCUT2D eigenvalue weighted by molar-refractivity contribution is 7.91. The molecular formula is C44H64F3N3O5S. The fourth-order valence-electron chi connectivity index (χ4n) is 14.3. The monoisotopic (exact) mass is 803 g/mol. The summed E-state index contributed by atoms with van der Waals surface area (Å²) in [6.45, 7) is 16.7. The van der Waals surface area contributed by atoms with Crippen LogP contribution in [-0.4, -0.2) is 87.7 Å². The highest BCUT2D eigenvalue weighted by Gasteiger charge is 2.70. The number of carbonyl (C=O) groups excluding carboxylic acids is 2. The summed E-state index contributed by atoms with van der Waals surface area (Å²) in [6, 6.07) is 7.20. The summed E-state index contributed by atoms with van der Waals surface area (Å²) in [5.74, 6) is -0.593. The van der Waals surface area contributed by atoms with Crippen molar-refractivity contribution in [2.75, 3.05) is 44.8 Å². The Hall–Kier alpha value is -2.44. The molecule has 1 saturated heterocycles. The van der Waals surface area contributed by atoms with Crippen molar-refractivity contribution in [3.8, 4) is 0 Å². The molecule has 1 aromatic carbocycles. The van der Waals surface area contributed by atoms with Gasteiger partial charge in [0.15, 0.2) is 9.84 Å². The number of benzene rings is 1. The first kappa shape index (κ1) is 41.7. The van der Waals surface area contributed by atoms with Gasteiger partial charge in [-0.05, 0) is 139 Å². The van der Waals surface area contributed by atoms with E-state index in [4.69, 9.17) is 4.74 Å². The van der Waals surface area contributed by atoms with Crippen LogP contribution in [0, 0.1) is 51.2 Å². The van der Waals surface area contributed by atoms with E-state index in [0.717, 1.165) is 69.9 Å². The summed E-state index contributed by atoms with van der Waals surface area (Å²) < 4.78 is 69.8. The number of carbonyl (C=O) groups is 2. The minimum Gasteiger partial charge on any atom is -0.465 e. The molecule has 10 atom stereocenters. The van der Waals surface area contributed by atoms with Crippen molar-refractivity contribution in [1.29, 1.82) is 0 Å². The van der Waals surface area contributed by atoms with Crippen LogP contribution in [-0.2, 0) is 19.4 Å². The fourth-order valence-corrected chi connectivity index (χ4v) is 15.6. The molecule has 1 aliphatic heterocycles. The van der Waals surface area contributed by atoms with Gasteiger partial charge in [-0.2, -0.15) is 13.2 Å². The van der Waals surface area contributed by atoms with E-state index in [0.29, 0.717) is 43.0 Å². The second kappa shape index (κ2) is 14.4. The summed E-state index contributed by atoms with van der Waals surface area (Å²) in [4.78, 5) is 26.7. The van der Waals surface area contributed by atoms with Crippen LogP contribution < -0.4 is 10.6 Å². The SMILES string of the molecule is COC(=O)c1ccc(C2=CC[C@]3(C)[C@H]4CC[C@@H]5[C@H]6[C@H](C(C)NC(=O)C(F)(F)F)CC[C@]6(NCCN6CCS(=O)(=O)CC6)CC[C@@]5(C)[C@]4(C)CC[C@H]3C2(C)C)cc1. The van der Waals surface area contributed by atoms with Gasteiger partial charge in [0, 0.05) is 37.8 Å². The molecule has 1 heterocycles. The molecule has 0 aromatic heterocycles. The molecule has 1 aromatic rings. The number of allylic oxidation sites excluding steroid dienone is 2. The summed E-state index contributed by atoms with van der Waals surface area (Å²) in [5.41, 5.74) is 2.76. The quantitative estimate of drug-likeness (QED) is 0.260. The molecule has 5 fully saturated rings. The topological polar surface area (TPSA) is 105 Å². The maximum atomic E-state index is 13.6. The zero-order valence-electron chi connectivity index (χ0n) is 34.5. The molecule has 56 heavy (non-hydrogen) atoms. The van der Waals surface area contributed by atoms with Crippen LogP contribution >= 0.6 is 0 Å². The first-order chi connectivity index (χ1) is 26.1. The van der Waals surface area contributed by atoms with E-state index < -0.39 is 28.0 Å². The third-order valence-corrected chi connectivity index (χ3v) is 18.9. The lowest BCUT2D eigenvalue weighted by Gasteiger charge is -2.72. The van der Waals surface area contributed by atoms with Gasteiger partial charge in [-0.15, -0.1) is 0 Å². The number of fused-ring (bicyclic) bond motifs is 7. The van der Waals surface area contributed by atoms with Gasteiger partial charge in [0.2, 0.25) is 0 Å². The number of amides is 1. The van der Waals surface area contributed by atoms with E-state index in [1.54, 1.807) is 6.92 Å². The average Bonchev–Trinajstić information content (AvgIpc) is 3.51. The Kier molecular flexibility index (Phi) is 10.7. The second-order valence-corrected chi connectivity index (χ2v) is 22.1. The van der Waals surface area contributed by atoms with Gasteiger partial charge in [-0.1, -0.05) is 52.8 Å². The maximum Gasteiger partial charge on any atom is 0.471 e. The van der Waals surface area contributed by atoms with Crippen LogP contribution in [0.1, 0.15) is 115 Å². The maximum absolute atomic E-state index is 13.6. The smallest absolute Gasteiger partial charge is 0.465 e. The van der Waals surface area contributed by atoms with Gasteiger partial charge in [0.05, 0.1) is 24.2 Å². The van der Waals surface area contributed by atoms with E-state index in [1.807, 2.05) is 12.1 Å². The molecule has 7 rings (SSSR count). The predicted molar refractivity (Wildman–Crippen MR) is 212 cm³/mol. The lowest BCUT2D eigenvalue weighted by Crippen LogP contribution is -2.68. The van der Waals surface area contributed by atoms with E-state index >= 15 is 0 Å². The minimum absolute atomic E-state index is 0.0296. The van der Waals surface area contributed by atoms with Crippen molar-refractivity contribution in [2.24, 2.45) is 51.2 Å². The molecule has 5 aliphatic carbocycles. The van der Waals surface area contributed by atoms with Crippen LogP contribution in [0.5, 0.6) is 0 Å². The van der Waals surface area contributed by atoms with Gasteiger partial charge in [-0.25, -0.2) is 13.2 Å². The molecule has 6 aliphatic rings. The molecule has 4 saturated carbocycles. The summed E-state index contributed by atoms with van der Waals surface area (Å²) >= 11 is 0. The van der Waals surface area contributed by atoms with E-state index in [9.17, 15) is 31.2 Å². The van der Waals surface area contributed by atoms with Crippen LogP contribution in [0.25, 0.3) is 5.57 Å². The molecule has 0 bridgehead atoms. The fraction of sp³-hybridized carbons (Fsp3) is 0.773. The number of alkyl halides is 3. The standard InChI is InChI=1S/C44H64F3N3O5S/c1-28(49-38(52)44(45,46)47)31-14-19-43(48-22-23-50-24-26-56(53,54)27-25-50)21-20-41(5)33(36(31)43)12-13-35-40(4)17-15-32(29-8-10-30(11-9-29)37(51)55-7)39(2,3)34(40)16-18-42(35,41)6/h8-11,15,28,31,33-36,48H,12-14,16-27H2,1-7H3,(H,49,52)/t28?,31-,33+,34-,35+,36+,40-,41+,42+,43-/m0/s1. The van der Waals surface area contributed by atoms with Gasteiger partial charge in [0.25, 0.3) is 0 Å². The van der Waals surface area contributed by atoms with E-state index in [2.05, 4.69) is 68.4 Å². The predicted octanol–water partition coefficient (Wildman–Crippen LogP) is 7.69. The third kappa shape index (κ3) is 6.77.